The lowest BCUT2D eigenvalue weighted by molar-refractivity contribution is -0.675. The van der Waals surface area contributed by atoms with Crippen LogP contribution in [0.3, 0.4) is 0 Å². The summed E-state index contributed by atoms with van der Waals surface area (Å²) < 4.78 is 4.26. The van der Waals surface area contributed by atoms with E-state index in [2.05, 4.69) is 250 Å². The quantitative estimate of drug-likeness (QED) is 0.118. The summed E-state index contributed by atoms with van der Waals surface area (Å²) in [6.45, 7) is 4.41. The molecule has 5 nitrogen and oxygen atoms in total. The van der Waals surface area contributed by atoms with Crippen LogP contribution in [0.4, 0.5) is 0 Å². The molecule has 0 saturated carbocycles. The zero-order valence-corrected chi connectivity index (χ0v) is 39.7. The van der Waals surface area contributed by atoms with Gasteiger partial charge in [0.15, 0.2) is 5.54 Å². The molecule has 14 rings (SSSR count). The third kappa shape index (κ3) is 5.46. The smallest absolute Gasteiger partial charge is 0.204 e. The minimum Gasteiger partial charge on any atom is -0.354 e. The van der Waals surface area contributed by atoms with E-state index in [1.54, 1.807) is 0 Å². The summed E-state index contributed by atoms with van der Waals surface area (Å²) in [4.78, 5) is 16.1. The lowest BCUT2D eigenvalue weighted by atomic mass is 9.65. The minimum absolute atomic E-state index is 0.774. The highest BCUT2D eigenvalue weighted by molar-refractivity contribution is 5.89. The molecule has 0 spiro atoms. The van der Waals surface area contributed by atoms with Crippen molar-refractivity contribution < 1.29 is 4.57 Å². The Morgan fingerprint density at radius 3 is 1.32 bits per heavy atom. The van der Waals surface area contributed by atoms with Crippen molar-refractivity contribution in [1.82, 2.24) is 19.5 Å². The Bertz CT molecular complexity index is 3810. The molecule has 0 bridgehead atoms. The molecule has 5 heteroatoms. The lowest BCUT2D eigenvalue weighted by Gasteiger charge is -2.37. The first-order valence-electron chi connectivity index (χ1n) is 24.4. The van der Waals surface area contributed by atoms with Gasteiger partial charge in [-0.05, 0) is 145 Å². The summed E-state index contributed by atoms with van der Waals surface area (Å²) in [5, 5.41) is 0. The highest BCUT2D eigenvalue weighted by Crippen LogP contribution is 2.60. The molecule has 4 heterocycles. The molecule has 0 aliphatic heterocycles. The summed E-state index contributed by atoms with van der Waals surface area (Å²) >= 11 is 0. The van der Waals surface area contributed by atoms with E-state index in [0.717, 1.165) is 33.5 Å². The van der Waals surface area contributed by atoms with E-state index in [-0.39, 0.29) is 0 Å². The van der Waals surface area contributed by atoms with Crippen LogP contribution in [0, 0.1) is 20.2 Å². The van der Waals surface area contributed by atoms with Crippen molar-refractivity contribution in [3.63, 3.8) is 0 Å². The van der Waals surface area contributed by atoms with E-state index >= 15 is 0 Å². The first-order valence-corrected chi connectivity index (χ1v) is 24.4. The first kappa shape index (κ1) is 41.2. The number of benzene rings is 7. The molecule has 0 unspecified atom stereocenters. The van der Waals surface area contributed by atoms with Crippen molar-refractivity contribution in [2.45, 2.75) is 30.2 Å². The van der Waals surface area contributed by atoms with E-state index in [1.807, 2.05) is 17.8 Å². The normalized spacial score (nSPS) is 14.7. The zero-order chi connectivity index (χ0) is 47.5. The van der Waals surface area contributed by atoms with Crippen LogP contribution in [-0.2, 0) is 23.4 Å². The number of nitrogens with zero attached hydrogens (tertiary/aromatic N) is 5. The van der Waals surface area contributed by atoms with Gasteiger partial charge in [-0.25, -0.2) is 0 Å². The van der Waals surface area contributed by atoms with Gasteiger partial charge in [-0.2, -0.15) is 0 Å². The van der Waals surface area contributed by atoms with Gasteiger partial charge in [0.25, 0.3) is 0 Å². The first-order chi connectivity index (χ1) is 34.9. The third-order valence-electron chi connectivity index (χ3n) is 16.0. The summed E-state index contributed by atoms with van der Waals surface area (Å²) in [5.74, 6) is 0. The van der Waals surface area contributed by atoms with Crippen molar-refractivity contribution in [2.75, 3.05) is 0 Å². The standard InChI is InChI=1S/C66H47N5/c1-43-17-16-18-44(2)63(43)45-31-32-69-62(35-45)65(58-27-12-6-21-52(58)53-22-7-13-28-59(53)65)48-36-46(38-67-40-48)64(56-25-10-4-19-50(56)51-20-5-11-26-57(51)64)47-37-49(41-68-39-47)66(71-34-33-70(3)42-71)60-29-14-8-23-54(60)55-24-9-15-30-61(55)66/h4-41H,1-3H3. The van der Waals surface area contributed by atoms with Gasteiger partial charge in [-0.3, -0.25) is 15.0 Å². The third-order valence-corrected chi connectivity index (χ3v) is 16.0. The maximum absolute atomic E-state index is 5.41. The molecule has 336 valence electrons. The summed E-state index contributed by atoms with van der Waals surface area (Å²) in [6.07, 6.45) is 18.3. The molecule has 0 saturated heterocycles. The Morgan fingerprint density at radius 1 is 0.437 bits per heavy atom. The summed E-state index contributed by atoms with van der Waals surface area (Å²) in [5.41, 5.74) is 21.9. The van der Waals surface area contributed by atoms with Crippen LogP contribution in [-0.4, -0.2) is 19.5 Å². The van der Waals surface area contributed by atoms with Crippen molar-refractivity contribution in [3.8, 4) is 44.5 Å². The van der Waals surface area contributed by atoms with Gasteiger partial charge in [0.05, 0.1) is 23.6 Å². The van der Waals surface area contributed by atoms with Crippen molar-refractivity contribution in [2.24, 2.45) is 7.05 Å². The molecular weight excluding hydrogens is 863 g/mol. The van der Waals surface area contributed by atoms with Gasteiger partial charge in [0.2, 0.25) is 6.33 Å². The maximum Gasteiger partial charge on any atom is 0.204 e. The predicted octanol–water partition coefficient (Wildman–Crippen LogP) is 13.1. The van der Waals surface area contributed by atoms with Gasteiger partial charge in [0, 0.05) is 47.7 Å². The maximum atomic E-state index is 5.41. The van der Waals surface area contributed by atoms with E-state index in [1.165, 1.54) is 83.5 Å². The zero-order valence-electron chi connectivity index (χ0n) is 39.7. The monoisotopic (exact) mass is 909 g/mol. The fourth-order valence-electron chi connectivity index (χ4n) is 13.3. The topological polar surface area (TPSA) is 47.5 Å². The fraction of sp³-hybridized carbons (Fsp3) is 0.0909. The molecular formula is C66H47N5. The molecule has 0 atom stereocenters. The number of rotatable bonds is 7. The molecule has 0 fully saturated rings. The Balaban J connectivity index is 1.08. The van der Waals surface area contributed by atoms with Crippen molar-refractivity contribution in [1.29, 1.82) is 0 Å². The largest absolute Gasteiger partial charge is 0.354 e. The molecule has 11 aromatic rings. The highest BCUT2D eigenvalue weighted by atomic mass is 15.2. The van der Waals surface area contributed by atoms with E-state index in [9.17, 15) is 0 Å². The second kappa shape index (κ2) is 15.4. The lowest BCUT2D eigenvalue weighted by Crippen LogP contribution is -2.38. The number of aromatic nitrogens is 5. The van der Waals surface area contributed by atoms with Crippen molar-refractivity contribution >= 4 is 0 Å². The number of imidazole rings is 1. The van der Waals surface area contributed by atoms with Crippen LogP contribution in [0.5, 0.6) is 0 Å². The van der Waals surface area contributed by atoms with Crippen LogP contribution in [0.2, 0.25) is 0 Å². The predicted molar refractivity (Wildman–Crippen MR) is 281 cm³/mol. The van der Waals surface area contributed by atoms with Gasteiger partial charge in [-0.1, -0.05) is 164 Å². The molecule has 0 N–H and O–H groups in total. The van der Waals surface area contributed by atoms with Gasteiger partial charge >= 0.3 is 0 Å². The van der Waals surface area contributed by atoms with Crippen LogP contribution >= 0.6 is 0 Å². The van der Waals surface area contributed by atoms with Crippen LogP contribution in [0.15, 0.2) is 231 Å². The number of hydrogen-bond acceptors (Lipinski definition) is 3. The molecule has 3 aliphatic rings. The molecule has 7 aromatic carbocycles. The molecule has 3 aliphatic carbocycles. The van der Waals surface area contributed by atoms with Crippen LogP contribution in [0.25, 0.3) is 44.5 Å². The minimum atomic E-state index is -0.838. The number of fused-ring (bicyclic) bond motifs is 9. The van der Waals surface area contributed by atoms with E-state index in [0.29, 0.717) is 0 Å². The Hall–Kier alpha value is -8.80. The second-order valence-corrected chi connectivity index (χ2v) is 19.5. The molecule has 4 aromatic heterocycles. The van der Waals surface area contributed by atoms with E-state index < -0.39 is 16.4 Å². The SMILES string of the molecule is Cc1cccc(C)c1-c1ccnc(C2(c3cncc(C4(c5cncc(C6(n7[c-][n+](C)cc7)c7ccccc7-c7ccccc76)c5)c5ccccc5-c5ccccc54)c3)c3ccccc3-c3ccccc32)c1. The molecule has 71 heavy (non-hydrogen) atoms. The van der Waals surface area contributed by atoms with E-state index in [4.69, 9.17) is 15.0 Å². The number of pyridine rings is 3. The van der Waals surface area contributed by atoms with Gasteiger partial charge < -0.3 is 9.13 Å². The average molecular weight is 910 g/mol. The van der Waals surface area contributed by atoms with Gasteiger partial charge in [0.1, 0.15) is 0 Å². The second-order valence-electron chi connectivity index (χ2n) is 19.5. The van der Waals surface area contributed by atoms with Crippen LogP contribution in [0.1, 0.15) is 72.5 Å². The molecule has 0 radical (unpaired) electrons. The Morgan fingerprint density at radius 2 is 0.845 bits per heavy atom. The van der Waals surface area contributed by atoms with Crippen LogP contribution < -0.4 is 4.57 Å². The molecule has 0 amide bonds. The summed E-state index contributed by atoms with van der Waals surface area (Å²) in [7, 11) is 2.04. The number of hydrogen-bond donors (Lipinski definition) is 0. The average Bonchev–Trinajstić information content (AvgIpc) is 4.17. The Labute approximate surface area is 414 Å². The van der Waals surface area contributed by atoms with Crippen molar-refractivity contribution in [3.05, 3.63) is 310 Å². The highest BCUT2D eigenvalue weighted by Gasteiger charge is 2.53. The van der Waals surface area contributed by atoms with Gasteiger partial charge in [-0.15, -0.1) is 0 Å². The fourth-order valence-corrected chi connectivity index (χ4v) is 13.3. The summed E-state index contributed by atoms with van der Waals surface area (Å²) in [6, 6.07) is 69.2. The Kier molecular flexibility index (Phi) is 8.91. The number of aryl methyl sites for hydroxylation is 3.